The molecule has 0 saturated heterocycles. The van der Waals surface area contributed by atoms with Crippen molar-refractivity contribution in [3.05, 3.63) is 24.0 Å². The summed E-state index contributed by atoms with van der Waals surface area (Å²) in [6, 6.07) is 1.74. The van der Waals surface area contributed by atoms with Gasteiger partial charge in [-0.15, -0.1) is 0 Å². The Kier molecular flexibility index (Phi) is 3.23. The number of aromatic nitrogens is 1. The lowest BCUT2D eigenvalue weighted by atomic mass is 10.2. The Morgan fingerprint density at radius 2 is 2.06 bits per heavy atom. The molecule has 17 heavy (non-hydrogen) atoms. The van der Waals surface area contributed by atoms with Gasteiger partial charge in [0.05, 0.1) is 0 Å². The molecular weight excluding hydrogens is 236 g/mol. The highest BCUT2D eigenvalue weighted by molar-refractivity contribution is 7.89. The predicted molar refractivity (Wildman–Crippen MR) is 66.1 cm³/mol. The zero-order valence-electron chi connectivity index (χ0n) is 10.4. The van der Waals surface area contributed by atoms with E-state index in [4.69, 9.17) is 0 Å². The third-order valence-electron chi connectivity index (χ3n) is 3.40. The fourth-order valence-corrected chi connectivity index (χ4v) is 3.40. The maximum Gasteiger partial charge on any atom is 0.244 e. The predicted octanol–water partition coefficient (Wildman–Crippen LogP) is 1.81. The van der Waals surface area contributed by atoms with E-state index in [9.17, 15) is 8.42 Å². The molecule has 0 aliphatic heterocycles. The molecule has 0 N–H and O–H groups in total. The molecule has 0 amide bonds. The third-order valence-corrected chi connectivity index (χ3v) is 5.31. The quantitative estimate of drug-likeness (QED) is 0.823. The molecule has 1 fully saturated rings. The summed E-state index contributed by atoms with van der Waals surface area (Å²) in [6.45, 7) is 3.81. The molecule has 1 atom stereocenters. The number of hydrogen-bond donors (Lipinski definition) is 0. The summed E-state index contributed by atoms with van der Waals surface area (Å²) < 4.78 is 26.2. The molecular formula is C12H18N2O2S. The largest absolute Gasteiger partial charge is 0.263 e. The fourth-order valence-electron chi connectivity index (χ4n) is 1.93. The Hall–Kier alpha value is -0.940. The molecule has 0 aromatic carbocycles. The Labute approximate surface area is 103 Å². The van der Waals surface area contributed by atoms with Crippen LogP contribution in [0.25, 0.3) is 0 Å². The second-order valence-electron chi connectivity index (χ2n) is 4.80. The van der Waals surface area contributed by atoms with Gasteiger partial charge in [0.2, 0.25) is 10.0 Å². The zero-order chi connectivity index (χ0) is 12.6. The molecule has 1 heterocycles. The van der Waals surface area contributed by atoms with Crippen LogP contribution in [0.4, 0.5) is 0 Å². The highest BCUT2D eigenvalue weighted by Gasteiger charge is 2.36. The van der Waals surface area contributed by atoms with Crippen LogP contribution in [0.5, 0.6) is 0 Å². The summed E-state index contributed by atoms with van der Waals surface area (Å²) >= 11 is 0. The van der Waals surface area contributed by atoms with Crippen LogP contribution in [-0.2, 0) is 10.0 Å². The number of pyridine rings is 1. The van der Waals surface area contributed by atoms with Crippen molar-refractivity contribution in [2.45, 2.75) is 37.6 Å². The molecule has 1 aromatic heterocycles. The van der Waals surface area contributed by atoms with Crippen LogP contribution in [-0.4, -0.2) is 30.8 Å². The number of sulfonamides is 1. The molecule has 4 nitrogen and oxygen atoms in total. The van der Waals surface area contributed by atoms with Crippen molar-refractivity contribution in [1.29, 1.82) is 0 Å². The Bertz CT molecular complexity index is 509. The monoisotopic (exact) mass is 254 g/mol. The van der Waals surface area contributed by atoms with Crippen LogP contribution in [0.3, 0.4) is 0 Å². The van der Waals surface area contributed by atoms with Crippen LogP contribution in [0.1, 0.15) is 25.3 Å². The van der Waals surface area contributed by atoms with Crippen LogP contribution >= 0.6 is 0 Å². The van der Waals surface area contributed by atoms with Gasteiger partial charge in [0, 0.05) is 25.5 Å². The first-order valence-corrected chi connectivity index (χ1v) is 7.26. The minimum atomic E-state index is -3.39. The smallest absolute Gasteiger partial charge is 0.244 e. The van der Waals surface area contributed by atoms with Gasteiger partial charge in [-0.25, -0.2) is 8.42 Å². The van der Waals surface area contributed by atoms with E-state index in [-0.39, 0.29) is 10.9 Å². The average molecular weight is 254 g/mol. The van der Waals surface area contributed by atoms with Crippen molar-refractivity contribution in [3.8, 4) is 0 Å². The highest BCUT2D eigenvalue weighted by Crippen LogP contribution is 2.36. The number of nitrogens with zero attached hydrogens (tertiary/aromatic N) is 2. The van der Waals surface area contributed by atoms with Gasteiger partial charge in [-0.1, -0.05) is 0 Å². The molecule has 1 aliphatic rings. The van der Waals surface area contributed by atoms with Gasteiger partial charge in [0.25, 0.3) is 0 Å². The van der Waals surface area contributed by atoms with Gasteiger partial charge in [0.15, 0.2) is 0 Å². The van der Waals surface area contributed by atoms with E-state index in [2.05, 4.69) is 4.98 Å². The zero-order valence-corrected chi connectivity index (χ0v) is 11.2. The number of rotatable bonds is 4. The van der Waals surface area contributed by atoms with E-state index in [0.29, 0.717) is 5.92 Å². The van der Waals surface area contributed by atoms with Gasteiger partial charge < -0.3 is 0 Å². The second kappa shape index (κ2) is 4.38. The van der Waals surface area contributed by atoms with E-state index >= 15 is 0 Å². The molecule has 1 aliphatic carbocycles. The van der Waals surface area contributed by atoms with Crippen molar-refractivity contribution < 1.29 is 8.42 Å². The van der Waals surface area contributed by atoms with E-state index in [1.165, 1.54) is 10.5 Å². The molecule has 0 spiro atoms. The lowest BCUT2D eigenvalue weighted by Crippen LogP contribution is -2.36. The minimum absolute atomic E-state index is 0.0699. The normalized spacial score (nSPS) is 18.4. The van der Waals surface area contributed by atoms with Gasteiger partial charge in [-0.3, -0.25) is 4.98 Å². The van der Waals surface area contributed by atoms with Gasteiger partial charge in [0.1, 0.15) is 4.90 Å². The van der Waals surface area contributed by atoms with Crippen LogP contribution in [0.15, 0.2) is 23.4 Å². The van der Waals surface area contributed by atoms with Crippen molar-refractivity contribution in [2.75, 3.05) is 7.05 Å². The third kappa shape index (κ3) is 2.50. The summed E-state index contributed by atoms with van der Waals surface area (Å²) in [4.78, 5) is 4.23. The first kappa shape index (κ1) is 12.5. The topological polar surface area (TPSA) is 50.3 Å². The minimum Gasteiger partial charge on any atom is -0.263 e. The van der Waals surface area contributed by atoms with E-state index < -0.39 is 10.0 Å². The molecule has 1 aromatic rings. The molecule has 0 radical (unpaired) electrons. The van der Waals surface area contributed by atoms with E-state index in [1.807, 2.05) is 13.8 Å². The first-order valence-electron chi connectivity index (χ1n) is 5.82. The average Bonchev–Trinajstić information content (AvgIpc) is 3.11. The summed E-state index contributed by atoms with van der Waals surface area (Å²) in [6.07, 6.45) is 5.34. The molecule has 2 rings (SSSR count). The van der Waals surface area contributed by atoms with E-state index in [0.717, 1.165) is 18.4 Å². The second-order valence-corrected chi connectivity index (χ2v) is 6.79. The number of aryl methyl sites for hydroxylation is 1. The summed E-state index contributed by atoms with van der Waals surface area (Å²) in [5.74, 6) is 0.521. The molecule has 1 unspecified atom stereocenters. The molecule has 5 heteroatoms. The lowest BCUT2D eigenvalue weighted by molar-refractivity contribution is 0.357. The SMILES string of the molecule is Cc1cncc(S(=O)(=O)N(C)C(C)C2CC2)c1. The summed E-state index contributed by atoms with van der Waals surface area (Å²) in [7, 11) is -1.74. The van der Waals surface area contributed by atoms with Gasteiger partial charge in [-0.2, -0.15) is 4.31 Å². The lowest BCUT2D eigenvalue weighted by Gasteiger charge is -2.24. The van der Waals surface area contributed by atoms with Crippen LogP contribution < -0.4 is 0 Å². The van der Waals surface area contributed by atoms with Crippen molar-refractivity contribution in [3.63, 3.8) is 0 Å². The van der Waals surface area contributed by atoms with E-state index in [1.54, 1.807) is 19.3 Å². The first-order chi connectivity index (χ1) is 7.93. The Balaban J connectivity index is 2.29. The Morgan fingerprint density at radius 3 is 2.59 bits per heavy atom. The number of hydrogen-bond acceptors (Lipinski definition) is 3. The Morgan fingerprint density at radius 1 is 1.41 bits per heavy atom. The van der Waals surface area contributed by atoms with Gasteiger partial charge in [-0.05, 0) is 44.2 Å². The standard InChI is InChI=1S/C12H18N2O2S/c1-9-6-12(8-13-7-9)17(15,16)14(3)10(2)11-4-5-11/h6-8,10-11H,4-5H2,1-3H3. The summed E-state index contributed by atoms with van der Waals surface area (Å²) in [5.41, 5.74) is 0.860. The fraction of sp³-hybridized carbons (Fsp3) is 0.583. The van der Waals surface area contributed by atoms with Crippen molar-refractivity contribution in [2.24, 2.45) is 5.92 Å². The maximum atomic E-state index is 12.3. The van der Waals surface area contributed by atoms with Gasteiger partial charge >= 0.3 is 0 Å². The van der Waals surface area contributed by atoms with Crippen LogP contribution in [0, 0.1) is 12.8 Å². The van der Waals surface area contributed by atoms with Crippen LogP contribution in [0.2, 0.25) is 0 Å². The van der Waals surface area contributed by atoms with Crippen molar-refractivity contribution in [1.82, 2.24) is 9.29 Å². The maximum absolute atomic E-state index is 12.3. The summed E-state index contributed by atoms with van der Waals surface area (Å²) in [5, 5.41) is 0. The highest BCUT2D eigenvalue weighted by atomic mass is 32.2. The van der Waals surface area contributed by atoms with Crippen molar-refractivity contribution >= 4 is 10.0 Å². The molecule has 94 valence electrons. The molecule has 1 saturated carbocycles. The molecule has 0 bridgehead atoms.